The summed E-state index contributed by atoms with van der Waals surface area (Å²) in [7, 11) is 3.81. The average molecular weight is 479 g/mol. The Balaban J connectivity index is 0.00000338. The van der Waals surface area contributed by atoms with Crippen molar-refractivity contribution in [3.63, 3.8) is 0 Å². The van der Waals surface area contributed by atoms with Gasteiger partial charge in [0.05, 0.1) is 6.61 Å². The molecule has 26 heavy (non-hydrogen) atoms. The molecule has 1 fully saturated rings. The van der Waals surface area contributed by atoms with E-state index in [0.29, 0.717) is 18.9 Å². The van der Waals surface area contributed by atoms with Gasteiger partial charge in [0.15, 0.2) is 17.5 Å². The zero-order valence-electron chi connectivity index (χ0n) is 16.0. The highest BCUT2D eigenvalue weighted by atomic mass is 127. The highest BCUT2D eigenvalue weighted by molar-refractivity contribution is 14.0. The molecule has 0 aromatic heterocycles. The van der Waals surface area contributed by atoms with E-state index in [4.69, 9.17) is 9.47 Å². The van der Waals surface area contributed by atoms with Crippen LogP contribution in [0.2, 0.25) is 0 Å². The lowest BCUT2D eigenvalue weighted by molar-refractivity contribution is 0.0625. The Hall–Kier alpha value is -1.09. The Morgan fingerprint density at radius 2 is 2.12 bits per heavy atom. The smallest absolute Gasteiger partial charge is 0.193 e. The number of ether oxygens (including phenoxy) is 2. The third-order valence-corrected chi connectivity index (χ3v) is 4.53. The summed E-state index contributed by atoms with van der Waals surface area (Å²) < 4.78 is 24.6. The molecule has 148 valence electrons. The first-order chi connectivity index (χ1) is 12.1. The molecule has 5 nitrogen and oxygen atoms in total. The number of hydrogen-bond acceptors (Lipinski definition) is 3. The van der Waals surface area contributed by atoms with E-state index >= 15 is 0 Å². The lowest BCUT2D eigenvalue weighted by atomic mass is 9.96. The number of benzene rings is 1. The number of nitrogens with one attached hydrogen (secondary N) is 1. The number of hydrogen-bond donors (Lipinski definition) is 1. The third kappa shape index (κ3) is 7.26. The van der Waals surface area contributed by atoms with E-state index in [1.54, 1.807) is 13.1 Å². The van der Waals surface area contributed by atoms with E-state index in [1.807, 2.05) is 20.0 Å². The van der Waals surface area contributed by atoms with Crippen LogP contribution in [-0.2, 0) is 11.3 Å². The molecule has 0 spiro atoms. The van der Waals surface area contributed by atoms with Crippen molar-refractivity contribution in [2.75, 3.05) is 40.5 Å². The lowest BCUT2D eigenvalue weighted by Gasteiger charge is -2.26. The summed E-state index contributed by atoms with van der Waals surface area (Å²) in [5.41, 5.74) is 0.861. The summed E-state index contributed by atoms with van der Waals surface area (Å²) in [6.07, 6.45) is 3.43. The first-order valence-corrected chi connectivity index (χ1v) is 9.04. The monoisotopic (exact) mass is 479 g/mol. The summed E-state index contributed by atoms with van der Waals surface area (Å²) >= 11 is 0. The molecule has 0 atom stereocenters. The first-order valence-electron chi connectivity index (χ1n) is 9.04. The maximum atomic E-state index is 13.9. The van der Waals surface area contributed by atoms with Crippen molar-refractivity contribution in [2.45, 2.75) is 32.7 Å². The second kappa shape index (κ2) is 12.3. The number of halogens is 2. The van der Waals surface area contributed by atoms with Crippen molar-refractivity contribution in [3.8, 4) is 5.75 Å². The van der Waals surface area contributed by atoms with Crippen LogP contribution in [0.1, 0.15) is 31.7 Å². The van der Waals surface area contributed by atoms with E-state index < -0.39 is 0 Å². The Labute approximate surface area is 173 Å². The number of rotatable bonds is 7. The Morgan fingerprint density at radius 1 is 1.38 bits per heavy atom. The molecule has 1 aromatic rings. The van der Waals surface area contributed by atoms with Gasteiger partial charge in [0, 0.05) is 40.4 Å². The van der Waals surface area contributed by atoms with Crippen LogP contribution >= 0.6 is 24.0 Å². The molecule has 1 heterocycles. The van der Waals surface area contributed by atoms with Crippen LogP contribution in [0.5, 0.6) is 5.75 Å². The molecule has 1 N–H and O–H groups in total. The molecule has 0 unspecified atom stereocenters. The molecule has 1 aromatic carbocycles. The highest BCUT2D eigenvalue weighted by Crippen LogP contribution is 2.19. The van der Waals surface area contributed by atoms with Gasteiger partial charge in [0.25, 0.3) is 0 Å². The molecule has 0 aliphatic carbocycles. The lowest BCUT2D eigenvalue weighted by Crippen LogP contribution is -2.39. The minimum atomic E-state index is -0.330. The molecule has 0 amide bonds. The summed E-state index contributed by atoms with van der Waals surface area (Å²) in [5, 5.41) is 3.30. The fraction of sp³-hybridized carbons (Fsp3) is 0.632. The maximum Gasteiger partial charge on any atom is 0.193 e. The van der Waals surface area contributed by atoms with Gasteiger partial charge in [-0.15, -0.1) is 24.0 Å². The van der Waals surface area contributed by atoms with E-state index in [-0.39, 0.29) is 29.8 Å². The third-order valence-electron chi connectivity index (χ3n) is 4.53. The van der Waals surface area contributed by atoms with Crippen LogP contribution in [-0.4, -0.2) is 51.3 Å². The van der Waals surface area contributed by atoms with Crippen molar-refractivity contribution < 1.29 is 13.9 Å². The maximum absolute atomic E-state index is 13.9. The van der Waals surface area contributed by atoms with Crippen molar-refractivity contribution in [3.05, 3.63) is 29.6 Å². The predicted octanol–water partition coefficient (Wildman–Crippen LogP) is 3.67. The minimum Gasteiger partial charge on any atom is -0.491 e. The molecule has 0 bridgehead atoms. The zero-order valence-corrected chi connectivity index (χ0v) is 18.3. The fourth-order valence-electron chi connectivity index (χ4n) is 3.01. The van der Waals surface area contributed by atoms with Crippen LogP contribution in [0.3, 0.4) is 0 Å². The Morgan fingerprint density at radius 3 is 2.73 bits per heavy atom. The number of guanidine groups is 1. The molecular weight excluding hydrogens is 448 g/mol. The summed E-state index contributed by atoms with van der Waals surface area (Å²) in [6.45, 7) is 5.53. The SMILES string of the molecule is CCOc1ccc(CNC(=NC)N(C)CCC2CCOCC2)cc1F.I. The van der Waals surface area contributed by atoms with Gasteiger partial charge < -0.3 is 19.7 Å². The van der Waals surface area contributed by atoms with Gasteiger partial charge in [-0.3, -0.25) is 4.99 Å². The standard InChI is InChI=1S/C19H30FN3O2.HI/c1-4-25-18-6-5-16(13-17(18)20)14-22-19(21-2)23(3)10-7-15-8-11-24-12-9-15;/h5-6,13,15H,4,7-12,14H2,1-3H3,(H,21,22);1H. The van der Waals surface area contributed by atoms with Gasteiger partial charge in [-0.25, -0.2) is 4.39 Å². The molecule has 7 heteroatoms. The predicted molar refractivity (Wildman–Crippen MR) is 114 cm³/mol. The van der Waals surface area contributed by atoms with Crippen LogP contribution < -0.4 is 10.1 Å². The molecule has 0 radical (unpaired) electrons. The Bertz CT molecular complexity index is 566. The fourth-order valence-corrected chi connectivity index (χ4v) is 3.01. The largest absolute Gasteiger partial charge is 0.491 e. The minimum absolute atomic E-state index is 0. The van der Waals surface area contributed by atoms with E-state index in [0.717, 1.165) is 56.5 Å². The van der Waals surface area contributed by atoms with E-state index in [9.17, 15) is 4.39 Å². The van der Waals surface area contributed by atoms with Crippen LogP contribution in [0.25, 0.3) is 0 Å². The van der Waals surface area contributed by atoms with E-state index in [2.05, 4.69) is 15.2 Å². The molecule has 1 saturated heterocycles. The second-order valence-corrected chi connectivity index (χ2v) is 6.36. The highest BCUT2D eigenvalue weighted by Gasteiger charge is 2.15. The van der Waals surface area contributed by atoms with Crippen molar-refractivity contribution in [2.24, 2.45) is 10.9 Å². The van der Waals surface area contributed by atoms with Crippen molar-refractivity contribution in [1.29, 1.82) is 0 Å². The van der Waals surface area contributed by atoms with Crippen LogP contribution in [0.4, 0.5) is 4.39 Å². The normalized spacial score (nSPS) is 15.3. The van der Waals surface area contributed by atoms with Crippen LogP contribution in [0, 0.1) is 11.7 Å². The number of nitrogens with zero attached hydrogens (tertiary/aromatic N) is 2. The van der Waals surface area contributed by atoms with Gasteiger partial charge in [-0.2, -0.15) is 0 Å². The summed E-state index contributed by atoms with van der Waals surface area (Å²) in [6, 6.07) is 5.05. The average Bonchev–Trinajstić information content (AvgIpc) is 2.63. The van der Waals surface area contributed by atoms with Gasteiger partial charge in [-0.1, -0.05) is 6.07 Å². The van der Waals surface area contributed by atoms with Gasteiger partial charge in [-0.05, 0) is 49.8 Å². The van der Waals surface area contributed by atoms with Gasteiger partial charge in [0.1, 0.15) is 0 Å². The Kier molecular flexibility index (Phi) is 10.9. The summed E-state index contributed by atoms with van der Waals surface area (Å²) in [5.74, 6) is 1.52. The topological polar surface area (TPSA) is 46.1 Å². The van der Waals surface area contributed by atoms with Gasteiger partial charge >= 0.3 is 0 Å². The van der Waals surface area contributed by atoms with Gasteiger partial charge in [0.2, 0.25) is 0 Å². The first kappa shape index (κ1) is 23.0. The molecular formula is C19H31FIN3O2. The number of aliphatic imine (C=N–C) groups is 1. The molecule has 1 aliphatic heterocycles. The van der Waals surface area contributed by atoms with Crippen LogP contribution in [0.15, 0.2) is 23.2 Å². The zero-order chi connectivity index (χ0) is 18.1. The van der Waals surface area contributed by atoms with E-state index in [1.165, 1.54) is 6.07 Å². The van der Waals surface area contributed by atoms with Crippen molar-refractivity contribution >= 4 is 29.9 Å². The van der Waals surface area contributed by atoms with Crippen molar-refractivity contribution in [1.82, 2.24) is 10.2 Å². The summed E-state index contributed by atoms with van der Waals surface area (Å²) in [4.78, 5) is 6.45. The quantitative estimate of drug-likeness (QED) is 0.369. The molecule has 0 saturated carbocycles. The second-order valence-electron chi connectivity index (χ2n) is 6.36. The molecule has 2 rings (SSSR count). The molecule has 1 aliphatic rings.